The van der Waals surface area contributed by atoms with Crippen molar-refractivity contribution >= 4 is 28.7 Å². The van der Waals surface area contributed by atoms with E-state index >= 15 is 0 Å². The minimum atomic E-state index is -2.91. The first kappa shape index (κ1) is 20.9. The van der Waals surface area contributed by atoms with Crippen LogP contribution in [0.1, 0.15) is 11.1 Å². The summed E-state index contributed by atoms with van der Waals surface area (Å²) in [6.07, 6.45) is 0.533. The second-order valence-corrected chi connectivity index (χ2v) is 7.28. The number of halogens is 2. The summed E-state index contributed by atoms with van der Waals surface area (Å²) in [4.78, 5) is 19.7. The zero-order chi connectivity index (χ0) is 20.8. The number of benzene rings is 2. The maximum atomic E-state index is 12.4. The number of ether oxygens (including phenoxy) is 2. The Morgan fingerprint density at radius 3 is 2.83 bits per heavy atom. The van der Waals surface area contributed by atoms with Crippen molar-refractivity contribution in [3.8, 4) is 11.5 Å². The van der Waals surface area contributed by atoms with Crippen LogP contribution in [0, 0.1) is 6.92 Å². The standard InChI is InChI=1S/C20H21F2N3O3S/c1-12-3-5-14-15(9-12)25-20(24-14)29-11-18(26)23-8-7-13-4-6-16(28-19(21)22)17(10-13)27-2/h3-6,9-10,19H,7-8,11H2,1-2H3,(H,23,26)(H,24,25). The molecule has 0 spiro atoms. The van der Waals surface area contributed by atoms with Gasteiger partial charge < -0.3 is 19.8 Å². The van der Waals surface area contributed by atoms with Gasteiger partial charge in [0, 0.05) is 6.54 Å². The number of rotatable bonds is 9. The lowest BCUT2D eigenvalue weighted by molar-refractivity contribution is -0.118. The fourth-order valence-electron chi connectivity index (χ4n) is 2.76. The Hall–Kier alpha value is -2.81. The van der Waals surface area contributed by atoms with Crippen LogP contribution >= 0.6 is 11.8 Å². The minimum absolute atomic E-state index is 0.0206. The summed E-state index contributed by atoms with van der Waals surface area (Å²) in [6.45, 7) is -0.491. The zero-order valence-electron chi connectivity index (χ0n) is 16.0. The van der Waals surface area contributed by atoms with Crippen LogP contribution in [0.4, 0.5) is 8.78 Å². The Balaban J connectivity index is 1.46. The first-order chi connectivity index (χ1) is 13.9. The number of thioether (sulfide) groups is 1. The SMILES string of the molecule is COc1cc(CCNC(=O)CSc2nc3ccc(C)cc3[nH]2)ccc1OC(F)F. The maximum absolute atomic E-state index is 12.4. The van der Waals surface area contributed by atoms with Crippen LogP contribution in [0.5, 0.6) is 11.5 Å². The van der Waals surface area contributed by atoms with Crippen molar-refractivity contribution in [1.29, 1.82) is 0 Å². The van der Waals surface area contributed by atoms with Crippen LogP contribution in [0.2, 0.25) is 0 Å². The second kappa shape index (κ2) is 9.60. The summed E-state index contributed by atoms with van der Waals surface area (Å²) in [5.74, 6) is 0.331. The van der Waals surface area contributed by atoms with Gasteiger partial charge in [-0.3, -0.25) is 4.79 Å². The van der Waals surface area contributed by atoms with Crippen LogP contribution in [0.3, 0.4) is 0 Å². The highest BCUT2D eigenvalue weighted by atomic mass is 32.2. The van der Waals surface area contributed by atoms with Gasteiger partial charge in [-0.25, -0.2) is 4.98 Å². The molecule has 154 valence electrons. The van der Waals surface area contributed by atoms with E-state index in [1.165, 1.54) is 24.9 Å². The average Bonchev–Trinajstić information content (AvgIpc) is 3.09. The lowest BCUT2D eigenvalue weighted by Crippen LogP contribution is -2.27. The van der Waals surface area contributed by atoms with Gasteiger partial charge in [-0.1, -0.05) is 23.9 Å². The third-order valence-electron chi connectivity index (χ3n) is 4.14. The van der Waals surface area contributed by atoms with Gasteiger partial charge in [0.25, 0.3) is 0 Å². The third kappa shape index (κ3) is 5.83. The molecule has 0 aliphatic heterocycles. The number of amides is 1. The monoisotopic (exact) mass is 421 g/mol. The number of nitrogens with one attached hydrogen (secondary N) is 2. The molecule has 0 aliphatic carbocycles. The number of hydrogen-bond acceptors (Lipinski definition) is 5. The van der Waals surface area contributed by atoms with E-state index in [1.54, 1.807) is 12.1 Å². The molecule has 0 unspecified atom stereocenters. The van der Waals surface area contributed by atoms with Crippen molar-refractivity contribution in [2.24, 2.45) is 0 Å². The van der Waals surface area contributed by atoms with E-state index in [0.717, 1.165) is 22.2 Å². The van der Waals surface area contributed by atoms with Gasteiger partial charge in [0.1, 0.15) is 0 Å². The molecule has 0 saturated carbocycles. The highest BCUT2D eigenvalue weighted by Gasteiger charge is 2.11. The first-order valence-electron chi connectivity index (χ1n) is 8.92. The van der Waals surface area contributed by atoms with Gasteiger partial charge >= 0.3 is 6.61 Å². The van der Waals surface area contributed by atoms with Crippen LogP contribution in [0.25, 0.3) is 11.0 Å². The lowest BCUT2D eigenvalue weighted by atomic mass is 10.1. The van der Waals surface area contributed by atoms with Crippen molar-refractivity contribution in [2.45, 2.75) is 25.1 Å². The molecule has 3 rings (SSSR count). The fraction of sp³-hybridized carbons (Fsp3) is 0.300. The van der Waals surface area contributed by atoms with Crippen molar-refractivity contribution < 1.29 is 23.0 Å². The third-order valence-corrected chi connectivity index (χ3v) is 5.01. The summed E-state index contributed by atoms with van der Waals surface area (Å²) >= 11 is 1.33. The van der Waals surface area contributed by atoms with Gasteiger partial charge in [0.2, 0.25) is 5.91 Å². The molecule has 0 saturated heterocycles. The Morgan fingerprint density at radius 2 is 2.07 bits per heavy atom. The molecule has 1 aromatic heterocycles. The molecule has 2 aromatic carbocycles. The van der Waals surface area contributed by atoms with E-state index in [1.807, 2.05) is 25.1 Å². The molecule has 0 bridgehead atoms. The molecule has 0 atom stereocenters. The fourth-order valence-corrected chi connectivity index (χ4v) is 3.48. The van der Waals surface area contributed by atoms with Crippen molar-refractivity contribution in [3.05, 3.63) is 47.5 Å². The maximum Gasteiger partial charge on any atom is 0.387 e. The van der Waals surface area contributed by atoms with E-state index < -0.39 is 6.61 Å². The summed E-state index contributed by atoms with van der Waals surface area (Å²) < 4.78 is 34.2. The number of imidazole rings is 1. The molecule has 2 N–H and O–H groups in total. The second-order valence-electron chi connectivity index (χ2n) is 6.31. The molecule has 0 fully saturated rings. The number of hydrogen-bond donors (Lipinski definition) is 2. The normalized spacial score (nSPS) is 11.1. The number of aromatic amines is 1. The van der Waals surface area contributed by atoms with Crippen molar-refractivity contribution in [2.75, 3.05) is 19.4 Å². The summed E-state index contributed by atoms with van der Waals surface area (Å²) in [5, 5.41) is 3.53. The molecular weight excluding hydrogens is 400 g/mol. The van der Waals surface area contributed by atoms with Crippen molar-refractivity contribution in [3.63, 3.8) is 0 Å². The number of nitrogens with zero attached hydrogens (tertiary/aromatic N) is 1. The number of fused-ring (bicyclic) bond motifs is 1. The number of carbonyl (C=O) groups is 1. The van der Waals surface area contributed by atoms with Gasteiger partial charge in [0.15, 0.2) is 16.7 Å². The van der Waals surface area contributed by atoms with E-state index in [2.05, 4.69) is 20.0 Å². The molecule has 1 heterocycles. The Kier molecular flexibility index (Phi) is 6.92. The van der Waals surface area contributed by atoms with Gasteiger partial charge in [0.05, 0.1) is 23.9 Å². The highest BCUT2D eigenvalue weighted by molar-refractivity contribution is 7.99. The average molecular weight is 421 g/mol. The quantitative estimate of drug-likeness (QED) is 0.512. The van der Waals surface area contributed by atoms with Crippen molar-refractivity contribution in [1.82, 2.24) is 15.3 Å². The molecule has 0 aliphatic rings. The number of alkyl halides is 2. The molecule has 6 nitrogen and oxygen atoms in total. The predicted octanol–water partition coefficient (Wildman–Crippen LogP) is 3.93. The predicted molar refractivity (Wildman–Crippen MR) is 108 cm³/mol. The van der Waals surface area contributed by atoms with E-state index in [9.17, 15) is 13.6 Å². The minimum Gasteiger partial charge on any atom is -0.493 e. The largest absolute Gasteiger partial charge is 0.493 e. The first-order valence-corrected chi connectivity index (χ1v) is 9.91. The topological polar surface area (TPSA) is 76.2 Å². The summed E-state index contributed by atoms with van der Waals surface area (Å²) in [7, 11) is 1.38. The molecule has 9 heteroatoms. The molecule has 1 amide bonds. The van der Waals surface area contributed by atoms with Crippen LogP contribution in [-0.2, 0) is 11.2 Å². The van der Waals surface area contributed by atoms with Gasteiger partial charge in [-0.15, -0.1) is 0 Å². The summed E-state index contributed by atoms with van der Waals surface area (Å²) in [6, 6.07) is 10.7. The number of aromatic nitrogens is 2. The number of carbonyl (C=O) groups excluding carboxylic acids is 1. The van der Waals surface area contributed by atoms with Crippen LogP contribution < -0.4 is 14.8 Å². The van der Waals surface area contributed by atoms with Crippen LogP contribution in [0.15, 0.2) is 41.6 Å². The number of aryl methyl sites for hydroxylation is 1. The van der Waals surface area contributed by atoms with E-state index in [0.29, 0.717) is 18.1 Å². The summed E-state index contributed by atoms with van der Waals surface area (Å²) in [5.41, 5.74) is 3.79. The van der Waals surface area contributed by atoms with Gasteiger partial charge in [-0.2, -0.15) is 8.78 Å². The Morgan fingerprint density at radius 1 is 1.24 bits per heavy atom. The van der Waals surface area contributed by atoms with E-state index in [-0.39, 0.29) is 23.2 Å². The Bertz CT molecular complexity index is 994. The number of H-pyrrole nitrogens is 1. The zero-order valence-corrected chi connectivity index (χ0v) is 16.8. The molecule has 0 radical (unpaired) electrons. The highest BCUT2D eigenvalue weighted by Crippen LogP contribution is 2.29. The smallest absolute Gasteiger partial charge is 0.387 e. The van der Waals surface area contributed by atoms with Crippen LogP contribution in [-0.4, -0.2) is 41.9 Å². The van der Waals surface area contributed by atoms with Gasteiger partial charge in [-0.05, 0) is 48.7 Å². The Labute approximate surface area is 171 Å². The lowest BCUT2D eigenvalue weighted by Gasteiger charge is -2.11. The molecule has 3 aromatic rings. The van der Waals surface area contributed by atoms with E-state index in [4.69, 9.17) is 4.74 Å². The molecule has 29 heavy (non-hydrogen) atoms. The molecular formula is C20H21F2N3O3S. The number of methoxy groups -OCH3 is 1.